The van der Waals surface area contributed by atoms with Crippen LogP contribution in [0, 0.1) is 5.92 Å². The summed E-state index contributed by atoms with van der Waals surface area (Å²) in [6, 6.07) is 11.6. The Balaban J connectivity index is 1.65. The monoisotopic (exact) mass is 436 g/mol. The molecule has 1 aromatic heterocycles. The van der Waals surface area contributed by atoms with Crippen LogP contribution < -0.4 is 9.47 Å². The van der Waals surface area contributed by atoms with Gasteiger partial charge in [0, 0.05) is 13.2 Å². The van der Waals surface area contributed by atoms with Gasteiger partial charge in [-0.25, -0.2) is 9.97 Å². The number of benzene rings is 2. The van der Waals surface area contributed by atoms with Gasteiger partial charge in [0.2, 0.25) is 0 Å². The van der Waals surface area contributed by atoms with E-state index in [1.807, 2.05) is 56.3 Å². The number of hydrogen-bond donors (Lipinski definition) is 0. The van der Waals surface area contributed by atoms with Crippen molar-refractivity contribution in [1.82, 2.24) is 9.97 Å². The zero-order chi connectivity index (χ0) is 22.3. The van der Waals surface area contributed by atoms with Crippen LogP contribution in [0.1, 0.15) is 33.1 Å². The molecule has 2 atom stereocenters. The lowest BCUT2D eigenvalue weighted by Crippen LogP contribution is -2.22. The first-order valence-electron chi connectivity index (χ1n) is 11.4. The van der Waals surface area contributed by atoms with Gasteiger partial charge >= 0.3 is 0 Å². The maximum atomic E-state index is 6.21. The smallest absolute Gasteiger partial charge is 0.147 e. The van der Waals surface area contributed by atoms with Crippen molar-refractivity contribution >= 4 is 22.1 Å². The lowest BCUT2D eigenvalue weighted by atomic mass is 9.98. The molecule has 170 valence electrons. The Morgan fingerprint density at radius 1 is 0.844 bits per heavy atom. The van der Waals surface area contributed by atoms with Gasteiger partial charge < -0.3 is 18.9 Å². The quantitative estimate of drug-likeness (QED) is 0.399. The van der Waals surface area contributed by atoms with E-state index in [4.69, 9.17) is 28.9 Å². The number of ether oxygens (including phenoxy) is 4. The van der Waals surface area contributed by atoms with E-state index in [2.05, 4.69) is 6.58 Å². The average Bonchev–Trinajstić information content (AvgIpc) is 2.78. The minimum absolute atomic E-state index is 0.107. The summed E-state index contributed by atoms with van der Waals surface area (Å²) in [5, 5.41) is 0. The average molecular weight is 437 g/mol. The Kier molecular flexibility index (Phi) is 7.55. The van der Waals surface area contributed by atoms with Crippen molar-refractivity contribution in [2.24, 2.45) is 5.92 Å². The van der Waals surface area contributed by atoms with Crippen molar-refractivity contribution in [3.8, 4) is 11.5 Å². The molecule has 6 nitrogen and oxygen atoms in total. The Morgan fingerprint density at radius 2 is 1.38 bits per heavy atom. The summed E-state index contributed by atoms with van der Waals surface area (Å²) in [6.07, 6.45) is 4.67. The Hall–Kier alpha value is -2.70. The molecule has 32 heavy (non-hydrogen) atoms. The van der Waals surface area contributed by atoms with Crippen LogP contribution in [-0.2, 0) is 9.47 Å². The summed E-state index contributed by atoms with van der Waals surface area (Å²) in [5.74, 6) is 1.89. The topological polar surface area (TPSA) is 62.7 Å². The Morgan fingerprint density at radius 3 is 1.88 bits per heavy atom. The minimum Gasteiger partial charge on any atom is -0.486 e. The largest absolute Gasteiger partial charge is 0.486 e. The van der Waals surface area contributed by atoms with Crippen molar-refractivity contribution in [1.29, 1.82) is 0 Å². The Bertz CT molecular complexity index is 980. The van der Waals surface area contributed by atoms with E-state index in [1.165, 1.54) is 0 Å². The summed E-state index contributed by atoms with van der Waals surface area (Å²) < 4.78 is 24.3. The Labute approximate surface area is 189 Å². The summed E-state index contributed by atoms with van der Waals surface area (Å²) in [6.45, 7) is 10.3. The summed E-state index contributed by atoms with van der Waals surface area (Å²) in [5.41, 5.74) is 3.02. The molecule has 0 aliphatic carbocycles. The fourth-order valence-electron chi connectivity index (χ4n) is 3.97. The van der Waals surface area contributed by atoms with Gasteiger partial charge in [0.25, 0.3) is 0 Å². The normalized spacial score (nSPS) is 21.7. The van der Waals surface area contributed by atoms with Crippen molar-refractivity contribution < 1.29 is 18.9 Å². The van der Waals surface area contributed by atoms with Crippen molar-refractivity contribution in [3.63, 3.8) is 0 Å². The SMILES string of the molecule is C=CCC1CCOC[C@@H](C)Oc2cccc3nc4cccc(c4nc23)O[C@H](C)COCC1. The molecule has 0 saturated carbocycles. The van der Waals surface area contributed by atoms with Crippen LogP contribution in [0.25, 0.3) is 22.1 Å². The lowest BCUT2D eigenvalue weighted by Gasteiger charge is -2.20. The van der Waals surface area contributed by atoms with Crippen LogP contribution in [0.2, 0.25) is 0 Å². The maximum Gasteiger partial charge on any atom is 0.147 e. The third kappa shape index (κ3) is 5.56. The van der Waals surface area contributed by atoms with Crippen LogP contribution in [0.5, 0.6) is 11.5 Å². The number of para-hydroxylation sites is 2. The highest BCUT2D eigenvalue weighted by Crippen LogP contribution is 2.30. The molecule has 0 radical (unpaired) electrons. The van der Waals surface area contributed by atoms with E-state index in [0.29, 0.717) is 43.8 Å². The molecule has 3 aromatic rings. The molecule has 0 saturated heterocycles. The lowest BCUT2D eigenvalue weighted by molar-refractivity contribution is 0.0388. The maximum absolute atomic E-state index is 6.21. The summed E-state index contributed by atoms with van der Waals surface area (Å²) in [4.78, 5) is 9.69. The van der Waals surface area contributed by atoms with Crippen molar-refractivity contribution in [3.05, 3.63) is 49.1 Å². The molecule has 2 bridgehead atoms. The predicted molar refractivity (Wildman–Crippen MR) is 126 cm³/mol. The fraction of sp³-hybridized carbons (Fsp3) is 0.462. The molecule has 2 heterocycles. The molecule has 1 aliphatic rings. The minimum atomic E-state index is -0.107. The molecule has 0 N–H and O–H groups in total. The summed E-state index contributed by atoms with van der Waals surface area (Å²) in [7, 11) is 0. The second kappa shape index (κ2) is 10.7. The zero-order valence-electron chi connectivity index (χ0n) is 19.0. The van der Waals surface area contributed by atoms with Crippen LogP contribution in [-0.4, -0.2) is 48.6 Å². The van der Waals surface area contributed by atoms with Gasteiger partial charge in [0.1, 0.15) is 34.7 Å². The van der Waals surface area contributed by atoms with Crippen LogP contribution in [0.4, 0.5) is 0 Å². The van der Waals surface area contributed by atoms with Gasteiger partial charge in [0.15, 0.2) is 0 Å². The van der Waals surface area contributed by atoms with E-state index < -0.39 is 0 Å². The van der Waals surface area contributed by atoms with Crippen LogP contribution in [0.15, 0.2) is 49.1 Å². The number of hydrogen-bond acceptors (Lipinski definition) is 6. The van der Waals surface area contributed by atoms with Gasteiger partial charge in [-0.05, 0) is 63.3 Å². The summed E-state index contributed by atoms with van der Waals surface area (Å²) >= 11 is 0. The first-order valence-corrected chi connectivity index (χ1v) is 11.4. The van der Waals surface area contributed by atoms with E-state index in [0.717, 1.165) is 41.3 Å². The third-order valence-corrected chi connectivity index (χ3v) is 5.62. The molecule has 0 amide bonds. The van der Waals surface area contributed by atoms with Crippen molar-refractivity contribution in [2.75, 3.05) is 26.4 Å². The fourth-order valence-corrected chi connectivity index (χ4v) is 3.97. The van der Waals surface area contributed by atoms with Crippen molar-refractivity contribution in [2.45, 2.75) is 45.3 Å². The highest BCUT2D eigenvalue weighted by atomic mass is 16.5. The predicted octanol–water partition coefficient (Wildman–Crippen LogP) is 5.34. The second-order valence-electron chi connectivity index (χ2n) is 8.45. The molecule has 2 aromatic carbocycles. The molecule has 4 rings (SSSR count). The first kappa shape index (κ1) is 22.5. The van der Waals surface area contributed by atoms with Gasteiger partial charge in [-0.2, -0.15) is 0 Å². The van der Waals surface area contributed by atoms with E-state index in [9.17, 15) is 0 Å². The van der Waals surface area contributed by atoms with Crippen LogP contribution >= 0.6 is 0 Å². The number of nitrogens with zero attached hydrogens (tertiary/aromatic N) is 2. The zero-order valence-corrected chi connectivity index (χ0v) is 19.0. The third-order valence-electron chi connectivity index (χ3n) is 5.62. The first-order chi connectivity index (χ1) is 15.6. The van der Waals surface area contributed by atoms with Gasteiger partial charge in [-0.1, -0.05) is 18.2 Å². The highest BCUT2D eigenvalue weighted by Gasteiger charge is 2.16. The highest BCUT2D eigenvalue weighted by molar-refractivity contribution is 5.92. The van der Waals surface area contributed by atoms with Gasteiger partial charge in [-0.3, -0.25) is 0 Å². The molecule has 0 spiro atoms. The van der Waals surface area contributed by atoms with E-state index in [1.54, 1.807) is 0 Å². The van der Waals surface area contributed by atoms with Crippen LogP contribution in [0.3, 0.4) is 0 Å². The van der Waals surface area contributed by atoms with E-state index in [-0.39, 0.29) is 12.2 Å². The van der Waals surface area contributed by atoms with E-state index >= 15 is 0 Å². The molecular weight excluding hydrogens is 404 g/mol. The standard InChI is InChI=1S/C26H32N2O4/c1-4-7-20-12-14-29-16-18(2)31-23-10-5-8-21-25(23)28-26-22(27-21)9-6-11-24(26)32-19(3)17-30-15-13-20/h4-6,8-11,18-20H,1,7,12-17H2,2-3H3/t18-,19-/m1/s1. The number of rotatable bonds is 2. The second-order valence-corrected chi connectivity index (χ2v) is 8.45. The number of aromatic nitrogens is 2. The molecular formula is C26H32N2O4. The number of allylic oxidation sites excluding steroid dienone is 1. The molecule has 0 fully saturated rings. The van der Waals surface area contributed by atoms with Gasteiger partial charge in [0.05, 0.1) is 24.2 Å². The van der Waals surface area contributed by atoms with Gasteiger partial charge in [-0.15, -0.1) is 6.58 Å². The molecule has 0 unspecified atom stereocenters. The molecule has 1 aliphatic heterocycles. The molecule has 6 heteroatoms.